The van der Waals surface area contributed by atoms with Crippen LogP contribution < -0.4 is 0 Å². The van der Waals surface area contributed by atoms with E-state index in [1.807, 2.05) is 13.8 Å². The third-order valence-corrected chi connectivity index (χ3v) is 3.91. The summed E-state index contributed by atoms with van der Waals surface area (Å²) in [5.74, 6) is -0.347. The largest absolute Gasteiger partial charge is 0.333 e. The summed E-state index contributed by atoms with van der Waals surface area (Å²) in [6, 6.07) is 1.41. The van der Waals surface area contributed by atoms with Crippen LogP contribution in [0.25, 0.3) is 0 Å². The molecule has 0 spiro atoms. The minimum Gasteiger partial charge on any atom is -0.333 e. The minimum absolute atomic E-state index is 0.00981. The molecule has 1 amide bonds. The molecule has 0 bridgehead atoms. The molecule has 7 heteroatoms. The first-order valence-electron chi connectivity index (χ1n) is 6.54. The maximum atomic E-state index is 12.6. The lowest BCUT2D eigenvalue weighted by atomic mass is 9.96. The van der Waals surface area contributed by atoms with Crippen LogP contribution in [0.5, 0.6) is 0 Å². The molecule has 1 aromatic rings. The molecule has 1 fully saturated rings. The van der Waals surface area contributed by atoms with Crippen molar-refractivity contribution in [3.63, 3.8) is 0 Å². The Morgan fingerprint density at radius 1 is 1.45 bits per heavy atom. The molecule has 0 saturated carbocycles. The molecule has 2 heterocycles. The third kappa shape index (κ3) is 2.75. The second kappa shape index (κ2) is 5.75. The number of carbonyl (C=O) groups is 1. The molecule has 1 aliphatic heterocycles. The quantitative estimate of drug-likeness (QED) is 0.477. The molecule has 1 saturated heterocycles. The van der Waals surface area contributed by atoms with E-state index in [-0.39, 0.29) is 34.4 Å². The Bertz CT molecular complexity index is 540. The van der Waals surface area contributed by atoms with Crippen molar-refractivity contribution in [3.8, 4) is 0 Å². The number of likely N-dealkylation sites (tertiary alicyclic amines) is 1. The highest BCUT2D eigenvalue weighted by Gasteiger charge is 2.33. The van der Waals surface area contributed by atoms with Gasteiger partial charge < -0.3 is 4.90 Å². The molecule has 2 atom stereocenters. The van der Waals surface area contributed by atoms with E-state index in [1.165, 1.54) is 6.07 Å². The number of hydrogen-bond acceptors (Lipinski definition) is 4. The SMILES string of the molecule is CC1CCCC(C)N1C(=O)c1cc(Cl)ncc1[N+](=O)[O-]. The van der Waals surface area contributed by atoms with Gasteiger partial charge in [0.25, 0.3) is 11.6 Å². The second-order valence-corrected chi connectivity index (χ2v) is 5.51. The highest BCUT2D eigenvalue weighted by atomic mass is 35.5. The molecule has 1 aliphatic rings. The number of carbonyl (C=O) groups excluding carboxylic acids is 1. The van der Waals surface area contributed by atoms with Crippen molar-refractivity contribution < 1.29 is 9.72 Å². The predicted octanol–water partition coefficient (Wildman–Crippen LogP) is 3.05. The monoisotopic (exact) mass is 297 g/mol. The maximum absolute atomic E-state index is 12.6. The van der Waals surface area contributed by atoms with Crippen LogP contribution in [0.4, 0.5) is 5.69 Å². The molecule has 0 aromatic carbocycles. The number of aromatic nitrogens is 1. The van der Waals surface area contributed by atoms with Crippen molar-refractivity contribution in [2.45, 2.75) is 45.2 Å². The average molecular weight is 298 g/mol. The van der Waals surface area contributed by atoms with Crippen LogP contribution in [0.3, 0.4) is 0 Å². The Morgan fingerprint density at radius 2 is 2.05 bits per heavy atom. The van der Waals surface area contributed by atoms with Crippen molar-refractivity contribution in [2.24, 2.45) is 0 Å². The Labute approximate surface area is 121 Å². The Hall–Kier alpha value is -1.69. The summed E-state index contributed by atoms with van der Waals surface area (Å²) in [5, 5.41) is 11.1. The van der Waals surface area contributed by atoms with Crippen LogP contribution in [-0.4, -0.2) is 32.8 Å². The van der Waals surface area contributed by atoms with E-state index in [1.54, 1.807) is 4.90 Å². The van der Waals surface area contributed by atoms with Gasteiger partial charge in [-0.15, -0.1) is 0 Å². The molecule has 20 heavy (non-hydrogen) atoms. The first-order chi connectivity index (χ1) is 9.41. The number of halogens is 1. The fourth-order valence-electron chi connectivity index (χ4n) is 2.70. The lowest BCUT2D eigenvalue weighted by Crippen LogP contribution is -2.47. The fourth-order valence-corrected chi connectivity index (χ4v) is 2.86. The van der Waals surface area contributed by atoms with Gasteiger partial charge in [0.1, 0.15) is 16.9 Å². The molecule has 108 valence electrons. The lowest BCUT2D eigenvalue weighted by Gasteiger charge is -2.39. The zero-order chi connectivity index (χ0) is 14.9. The van der Waals surface area contributed by atoms with Gasteiger partial charge in [-0.25, -0.2) is 4.98 Å². The Balaban J connectivity index is 2.42. The Kier molecular flexibility index (Phi) is 4.23. The number of piperidine rings is 1. The number of hydrogen-bond donors (Lipinski definition) is 0. The molecule has 6 nitrogen and oxygen atoms in total. The van der Waals surface area contributed by atoms with Crippen molar-refractivity contribution >= 4 is 23.2 Å². The van der Waals surface area contributed by atoms with E-state index in [0.29, 0.717) is 0 Å². The number of nitro groups is 1. The van der Waals surface area contributed by atoms with Crippen LogP contribution in [0.15, 0.2) is 12.3 Å². The molecule has 0 N–H and O–H groups in total. The van der Waals surface area contributed by atoms with Crippen molar-refractivity contribution in [2.75, 3.05) is 0 Å². The van der Waals surface area contributed by atoms with E-state index in [4.69, 9.17) is 11.6 Å². The summed E-state index contributed by atoms with van der Waals surface area (Å²) in [6.07, 6.45) is 3.91. The smallest absolute Gasteiger partial charge is 0.300 e. The van der Waals surface area contributed by atoms with Gasteiger partial charge >= 0.3 is 0 Å². The number of rotatable bonds is 2. The van der Waals surface area contributed by atoms with Crippen molar-refractivity contribution in [3.05, 3.63) is 33.1 Å². The Morgan fingerprint density at radius 3 is 2.60 bits per heavy atom. The zero-order valence-corrected chi connectivity index (χ0v) is 12.1. The number of amides is 1. The normalized spacial score (nSPS) is 22.6. The first-order valence-corrected chi connectivity index (χ1v) is 6.92. The van der Waals surface area contributed by atoms with Gasteiger partial charge in [0.15, 0.2) is 0 Å². The van der Waals surface area contributed by atoms with E-state index in [9.17, 15) is 14.9 Å². The zero-order valence-electron chi connectivity index (χ0n) is 11.4. The van der Waals surface area contributed by atoms with Gasteiger partial charge in [-0.3, -0.25) is 14.9 Å². The van der Waals surface area contributed by atoms with Gasteiger partial charge in [0.2, 0.25) is 0 Å². The molecular weight excluding hydrogens is 282 g/mol. The van der Waals surface area contributed by atoms with Crippen LogP contribution >= 0.6 is 11.6 Å². The predicted molar refractivity (Wildman–Crippen MR) is 74.8 cm³/mol. The van der Waals surface area contributed by atoms with Crippen LogP contribution in [0.2, 0.25) is 5.15 Å². The van der Waals surface area contributed by atoms with E-state index in [2.05, 4.69) is 4.98 Å². The highest BCUT2D eigenvalue weighted by molar-refractivity contribution is 6.29. The summed E-state index contributed by atoms with van der Waals surface area (Å²) in [6.45, 7) is 3.92. The maximum Gasteiger partial charge on any atom is 0.300 e. The third-order valence-electron chi connectivity index (χ3n) is 3.70. The summed E-state index contributed by atoms with van der Waals surface area (Å²) in [5.41, 5.74) is -0.292. The molecule has 1 aromatic heterocycles. The van der Waals surface area contributed by atoms with Gasteiger partial charge in [-0.05, 0) is 39.2 Å². The summed E-state index contributed by atoms with van der Waals surface area (Å²) >= 11 is 5.77. The van der Waals surface area contributed by atoms with Crippen LogP contribution in [-0.2, 0) is 0 Å². The van der Waals surface area contributed by atoms with E-state index < -0.39 is 4.92 Å². The minimum atomic E-state index is -0.601. The molecule has 2 rings (SSSR count). The second-order valence-electron chi connectivity index (χ2n) is 5.12. The van der Waals surface area contributed by atoms with Gasteiger partial charge in [0, 0.05) is 12.1 Å². The number of nitrogens with zero attached hydrogens (tertiary/aromatic N) is 3. The average Bonchev–Trinajstić information content (AvgIpc) is 2.37. The van der Waals surface area contributed by atoms with Gasteiger partial charge in [-0.1, -0.05) is 11.6 Å². The topological polar surface area (TPSA) is 76.3 Å². The molecule has 0 aliphatic carbocycles. The summed E-state index contributed by atoms with van der Waals surface area (Å²) in [4.78, 5) is 28.5. The van der Waals surface area contributed by atoms with E-state index >= 15 is 0 Å². The van der Waals surface area contributed by atoms with Gasteiger partial charge in [0.05, 0.1) is 4.92 Å². The highest BCUT2D eigenvalue weighted by Crippen LogP contribution is 2.28. The van der Waals surface area contributed by atoms with Crippen molar-refractivity contribution in [1.29, 1.82) is 0 Å². The van der Waals surface area contributed by atoms with Crippen LogP contribution in [0, 0.1) is 10.1 Å². The molecule has 0 radical (unpaired) electrons. The standard InChI is InChI=1S/C13H16ClN3O3/c1-8-4-3-5-9(2)16(8)13(18)10-6-12(14)15-7-11(10)17(19)20/h6-9H,3-5H2,1-2H3. The first kappa shape index (κ1) is 14.7. The van der Waals surface area contributed by atoms with E-state index in [0.717, 1.165) is 25.5 Å². The molecule has 2 unspecified atom stereocenters. The summed E-state index contributed by atoms with van der Waals surface area (Å²) in [7, 11) is 0. The fraction of sp³-hybridized carbons (Fsp3) is 0.538. The van der Waals surface area contributed by atoms with Crippen molar-refractivity contribution in [1.82, 2.24) is 9.88 Å². The summed E-state index contributed by atoms with van der Waals surface area (Å²) < 4.78 is 0. The lowest BCUT2D eigenvalue weighted by molar-refractivity contribution is -0.385. The van der Waals surface area contributed by atoms with Crippen LogP contribution in [0.1, 0.15) is 43.5 Å². The molecular formula is C13H16ClN3O3. The number of pyridine rings is 1. The van der Waals surface area contributed by atoms with Gasteiger partial charge in [-0.2, -0.15) is 0 Å².